The largest absolute Gasteiger partial charge is 0.480 e. The summed E-state index contributed by atoms with van der Waals surface area (Å²) in [5.74, 6) is -0.413. The van der Waals surface area contributed by atoms with E-state index in [-0.39, 0.29) is 0 Å². The molecular weight excluding hydrogens is 252 g/mol. The minimum absolute atomic E-state index is 0.370. The lowest BCUT2D eigenvalue weighted by molar-refractivity contribution is -0.142. The fourth-order valence-electron chi connectivity index (χ4n) is 1.38. The van der Waals surface area contributed by atoms with E-state index in [4.69, 9.17) is 10.8 Å². The number of aliphatic carboxylic acids is 1. The number of carboxylic acids is 1. The van der Waals surface area contributed by atoms with Crippen molar-refractivity contribution < 1.29 is 9.90 Å². The van der Waals surface area contributed by atoms with Crippen LogP contribution in [0.3, 0.4) is 0 Å². The summed E-state index contributed by atoms with van der Waals surface area (Å²) in [6, 6.07) is 5.64. The number of hydrogen-bond acceptors (Lipinski definition) is 5. The van der Waals surface area contributed by atoms with Gasteiger partial charge in [-0.15, -0.1) is 10.2 Å². The Hall–Kier alpha value is -1.60. The van der Waals surface area contributed by atoms with E-state index in [1.54, 1.807) is 0 Å². The standard InChI is InChI=1S/C11H14N4O2S/c1-11(12,9(16)17)5-7-18-10-14-13-8-4-2-3-6-15(8)10/h2-4,6H,5,7,12H2,1H3,(H,16,17). The minimum atomic E-state index is -1.20. The second-order valence-electron chi connectivity index (χ2n) is 4.23. The van der Waals surface area contributed by atoms with Gasteiger partial charge in [-0.25, -0.2) is 0 Å². The first kappa shape index (κ1) is 12.8. The highest BCUT2D eigenvalue weighted by Gasteiger charge is 2.27. The van der Waals surface area contributed by atoms with Crippen LogP contribution in [0.15, 0.2) is 29.6 Å². The summed E-state index contributed by atoms with van der Waals surface area (Å²) in [7, 11) is 0. The Bertz CT molecular complexity index is 567. The summed E-state index contributed by atoms with van der Waals surface area (Å²) in [4.78, 5) is 10.9. The summed E-state index contributed by atoms with van der Waals surface area (Å²) < 4.78 is 1.86. The predicted molar refractivity (Wildman–Crippen MR) is 68.6 cm³/mol. The number of fused-ring (bicyclic) bond motifs is 1. The molecule has 6 nitrogen and oxygen atoms in total. The number of hydrogen-bond donors (Lipinski definition) is 2. The zero-order chi connectivity index (χ0) is 13.2. The summed E-state index contributed by atoms with van der Waals surface area (Å²) in [6.45, 7) is 1.51. The number of nitrogens with zero attached hydrogens (tertiary/aromatic N) is 3. The number of pyridine rings is 1. The normalized spacial score (nSPS) is 14.6. The number of carboxylic acid groups (broad SMARTS) is 1. The quantitative estimate of drug-likeness (QED) is 0.785. The van der Waals surface area contributed by atoms with Crippen molar-refractivity contribution in [3.63, 3.8) is 0 Å². The van der Waals surface area contributed by atoms with Crippen molar-refractivity contribution in [3.05, 3.63) is 24.4 Å². The van der Waals surface area contributed by atoms with Crippen LogP contribution in [0.4, 0.5) is 0 Å². The van der Waals surface area contributed by atoms with Crippen molar-refractivity contribution >= 4 is 23.4 Å². The third kappa shape index (κ3) is 2.62. The Morgan fingerprint density at radius 1 is 1.56 bits per heavy atom. The molecule has 0 aliphatic rings. The van der Waals surface area contributed by atoms with Gasteiger partial charge in [-0.3, -0.25) is 9.20 Å². The lowest BCUT2D eigenvalue weighted by Gasteiger charge is -2.17. The molecule has 7 heteroatoms. The van der Waals surface area contributed by atoms with E-state index in [9.17, 15) is 4.79 Å². The molecule has 0 aliphatic heterocycles. The molecule has 2 rings (SSSR count). The second kappa shape index (κ2) is 4.95. The first-order valence-corrected chi connectivity index (χ1v) is 6.44. The predicted octanol–water partition coefficient (Wildman–Crippen LogP) is 1.01. The molecule has 2 heterocycles. The lowest BCUT2D eigenvalue weighted by Crippen LogP contribution is -2.45. The van der Waals surface area contributed by atoms with Gasteiger partial charge in [0.25, 0.3) is 0 Å². The molecule has 0 radical (unpaired) electrons. The Balaban J connectivity index is 2.01. The van der Waals surface area contributed by atoms with Crippen LogP contribution in [-0.2, 0) is 4.79 Å². The van der Waals surface area contributed by atoms with Crippen molar-refractivity contribution in [1.29, 1.82) is 0 Å². The molecule has 2 aromatic rings. The minimum Gasteiger partial charge on any atom is -0.480 e. The molecule has 96 valence electrons. The monoisotopic (exact) mass is 266 g/mol. The van der Waals surface area contributed by atoms with Crippen molar-refractivity contribution in [2.75, 3.05) is 5.75 Å². The van der Waals surface area contributed by atoms with E-state index in [1.165, 1.54) is 18.7 Å². The molecule has 0 saturated heterocycles. The van der Waals surface area contributed by atoms with Crippen molar-refractivity contribution in [1.82, 2.24) is 14.6 Å². The second-order valence-corrected chi connectivity index (χ2v) is 5.29. The summed E-state index contributed by atoms with van der Waals surface area (Å²) in [5, 5.41) is 17.7. The number of rotatable bonds is 5. The number of aromatic nitrogens is 3. The van der Waals surface area contributed by atoms with Crippen molar-refractivity contribution in [2.45, 2.75) is 24.0 Å². The molecule has 3 N–H and O–H groups in total. The Morgan fingerprint density at radius 3 is 3.06 bits per heavy atom. The van der Waals surface area contributed by atoms with E-state index in [0.717, 1.165) is 10.8 Å². The highest BCUT2D eigenvalue weighted by atomic mass is 32.2. The van der Waals surface area contributed by atoms with Gasteiger partial charge in [0.1, 0.15) is 5.54 Å². The molecule has 2 aromatic heterocycles. The summed E-state index contributed by atoms with van der Waals surface area (Å²) in [6.07, 6.45) is 2.24. The molecule has 1 atom stereocenters. The molecule has 0 saturated carbocycles. The zero-order valence-electron chi connectivity index (χ0n) is 9.91. The molecule has 18 heavy (non-hydrogen) atoms. The van der Waals surface area contributed by atoms with Crippen molar-refractivity contribution in [2.24, 2.45) is 5.73 Å². The number of thioether (sulfide) groups is 1. The van der Waals surface area contributed by atoms with Crippen LogP contribution in [0.2, 0.25) is 0 Å². The van der Waals surface area contributed by atoms with Gasteiger partial charge in [0.05, 0.1) is 0 Å². The molecule has 0 bridgehead atoms. The van der Waals surface area contributed by atoms with Crippen LogP contribution < -0.4 is 5.73 Å². The third-order valence-corrected chi connectivity index (χ3v) is 3.57. The van der Waals surface area contributed by atoms with E-state index < -0.39 is 11.5 Å². The summed E-state index contributed by atoms with van der Waals surface area (Å²) >= 11 is 1.45. The Morgan fingerprint density at radius 2 is 2.33 bits per heavy atom. The van der Waals surface area contributed by atoms with Gasteiger partial charge in [-0.05, 0) is 25.5 Å². The van der Waals surface area contributed by atoms with E-state index in [2.05, 4.69) is 10.2 Å². The topological polar surface area (TPSA) is 93.5 Å². The first-order chi connectivity index (χ1) is 8.50. The molecule has 1 unspecified atom stereocenters. The van der Waals surface area contributed by atoms with Crippen LogP contribution in [0, 0.1) is 0 Å². The van der Waals surface area contributed by atoms with Crippen LogP contribution >= 0.6 is 11.8 Å². The molecular formula is C11H14N4O2S. The van der Waals surface area contributed by atoms with Crippen LogP contribution in [0.5, 0.6) is 0 Å². The SMILES string of the molecule is CC(N)(CCSc1nnc2ccccn12)C(=O)O. The average molecular weight is 266 g/mol. The lowest BCUT2D eigenvalue weighted by atomic mass is 10.0. The van der Waals surface area contributed by atoms with E-state index in [0.29, 0.717) is 12.2 Å². The van der Waals surface area contributed by atoms with E-state index in [1.807, 2.05) is 28.8 Å². The van der Waals surface area contributed by atoms with Crippen LogP contribution in [0.1, 0.15) is 13.3 Å². The molecule has 0 aliphatic carbocycles. The smallest absolute Gasteiger partial charge is 0.323 e. The number of carbonyl (C=O) groups is 1. The van der Waals surface area contributed by atoms with Gasteiger partial charge in [0.15, 0.2) is 10.8 Å². The maximum atomic E-state index is 10.9. The Kier molecular flexibility index (Phi) is 3.53. The van der Waals surface area contributed by atoms with Gasteiger partial charge >= 0.3 is 5.97 Å². The zero-order valence-corrected chi connectivity index (χ0v) is 10.7. The van der Waals surface area contributed by atoms with Gasteiger partial charge in [0, 0.05) is 11.9 Å². The molecule has 0 fully saturated rings. The molecule has 0 amide bonds. The fraction of sp³-hybridized carbons (Fsp3) is 0.364. The van der Waals surface area contributed by atoms with Crippen LogP contribution in [-0.4, -0.2) is 37.0 Å². The Labute approximate surface area is 108 Å². The van der Waals surface area contributed by atoms with Gasteiger partial charge < -0.3 is 10.8 Å². The van der Waals surface area contributed by atoms with Gasteiger partial charge in [-0.1, -0.05) is 17.8 Å². The van der Waals surface area contributed by atoms with Gasteiger partial charge in [0.2, 0.25) is 0 Å². The molecule has 0 aromatic carbocycles. The maximum Gasteiger partial charge on any atom is 0.323 e. The maximum absolute atomic E-state index is 10.9. The van der Waals surface area contributed by atoms with Crippen molar-refractivity contribution in [3.8, 4) is 0 Å². The summed E-state index contributed by atoms with van der Waals surface area (Å²) in [5.41, 5.74) is 5.23. The highest BCUT2D eigenvalue weighted by molar-refractivity contribution is 7.99. The van der Waals surface area contributed by atoms with Crippen LogP contribution in [0.25, 0.3) is 5.65 Å². The highest BCUT2D eigenvalue weighted by Crippen LogP contribution is 2.20. The first-order valence-electron chi connectivity index (χ1n) is 5.45. The van der Waals surface area contributed by atoms with E-state index >= 15 is 0 Å². The average Bonchev–Trinajstić information content (AvgIpc) is 2.72. The van der Waals surface area contributed by atoms with Gasteiger partial charge in [-0.2, -0.15) is 0 Å². The fourth-order valence-corrected chi connectivity index (χ4v) is 2.48. The molecule has 0 spiro atoms. The number of nitrogens with two attached hydrogens (primary N) is 1. The third-order valence-electron chi connectivity index (χ3n) is 2.62.